The van der Waals surface area contributed by atoms with Gasteiger partial charge in [0.15, 0.2) is 0 Å². The highest BCUT2D eigenvalue weighted by Gasteiger charge is 2.34. The second-order valence-corrected chi connectivity index (χ2v) is 5.25. The van der Waals surface area contributed by atoms with Crippen LogP contribution in [0.25, 0.3) is 0 Å². The molecule has 2 N–H and O–H groups in total. The van der Waals surface area contributed by atoms with Crippen molar-refractivity contribution in [1.82, 2.24) is 4.90 Å². The van der Waals surface area contributed by atoms with Gasteiger partial charge in [-0.2, -0.15) is 0 Å². The molecule has 0 amide bonds. The van der Waals surface area contributed by atoms with E-state index in [9.17, 15) is 8.78 Å². The molecule has 106 valence electrons. The van der Waals surface area contributed by atoms with Crippen LogP contribution in [0.2, 0.25) is 0 Å². The summed E-state index contributed by atoms with van der Waals surface area (Å²) in [4.78, 5) is 2.18. The molecular formula is C15H22F2N2. The van der Waals surface area contributed by atoms with Crippen molar-refractivity contribution in [1.29, 1.82) is 0 Å². The van der Waals surface area contributed by atoms with Crippen LogP contribution in [-0.4, -0.2) is 24.5 Å². The largest absolute Gasteiger partial charge is 0.330 e. The standard InChI is InChI=1S/C15H22F2N2/c1-2-8-19-9-4-5-11(10-18)15(19)14-12(16)6-3-7-13(14)17/h3,6-7,11,15H,2,4-5,8-10,18H2,1H3. The molecule has 1 aliphatic heterocycles. The van der Waals surface area contributed by atoms with Crippen LogP contribution in [-0.2, 0) is 0 Å². The molecule has 1 aliphatic rings. The molecule has 2 rings (SSSR count). The fourth-order valence-corrected chi connectivity index (χ4v) is 3.15. The fraction of sp³-hybridized carbons (Fsp3) is 0.600. The molecule has 0 aromatic heterocycles. The summed E-state index contributed by atoms with van der Waals surface area (Å²) in [6.07, 6.45) is 2.97. The van der Waals surface area contributed by atoms with Gasteiger partial charge in [0.1, 0.15) is 11.6 Å². The summed E-state index contributed by atoms with van der Waals surface area (Å²) in [5, 5.41) is 0. The first-order valence-electron chi connectivity index (χ1n) is 7.07. The van der Waals surface area contributed by atoms with Crippen molar-refractivity contribution in [3.63, 3.8) is 0 Å². The van der Waals surface area contributed by atoms with Gasteiger partial charge in [0.25, 0.3) is 0 Å². The van der Waals surface area contributed by atoms with Gasteiger partial charge in [-0.1, -0.05) is 13.0 Å². The van der Waals surface area contributed by atoms with E-state index in [1.807, 2.05) is 0 Å². The number of benzene rings is 1. The third-order valence-electron chi connectivity index (χ3n) is 3.97. The molecular weight excluding hydrogens is 246 g/mol. The van der Waals surface area contributed by atoms with E-state index in [2.05, 4.69) is 11.8 Å². The van der Waals surface area contributed by atoms with Gasteiger partial charge in [-0.25, -0.2) is 8.78 Å². The average molecular weight is 268 g/mol. The Kier molecular flexibility index (Phi) is 4.88. The van der Waals surface area contributed by atoms with Gasteiger partial charge in [-0.3, -0.25) is 4.90 Å². The minimum Gasteiger partial charge on any atom is -0.330 e. The highest BCUT2D eigenvalue weighted by molar-refractivity contribution is 5.25. The second kappa shape index (κ2) is 6.44. The second-order valence-electron chi connectivity index (χ2n) is 5.25. The van der Waals surface area contributed by atoms with Gasteiger partial charge in [0, 0.05) is 11.6 Å². The van der Waals surface area contributed by atoms with E-state index in [1.165, 1.54) is 18.2 Å². The lowest BCUT2D eigenvalue weighted by Crippen LogP contribution is -2.42. The summed E-state index contributed by atoms with van der Waals surface area (Å²) in [5.74, 6) is -0.774. The zero-order chi connectivity index (χ0) is 13.8. The van der Waals surface area contributed by atoms with Crippen molar-refractivity contribution in [3.8, 4) is 0 Å². The number of nitrogens with zero attached hydrogens (tertiary/aromatic N) is 1. The van der Waals surface area contributed by atoms with E-state index in [-0.39, 0.29) is 17.5 Å². The monoisotopic (exact) mass is 268 g/mol. The Morgan fingerprint density at radius 2 is 2.00 bits per heavy atom. The molecule has 19 heavy (non-hydrogen) atoms. The molecule has 0 saturated carbocycles. The van der Waals surface area contributed by atoms with Crippen LogP contribution in [0.3, 0.4) is 0 Å². The van der Waals surface area contributed by atoms with Crippen molar-refractivity contribution < 1.29 is 8.78 Å². The SMILES string of the molecule is CCCN1CCCC(CN)C1c1c(F)cccc1F. The molecule has 0 radical (unpaired) electrons. The Labute approximate surface area is 113 Å². The lowest BCUT2D eigenvalue weighted by Gasteiger charge is -2.41. The van der Waals surface area contributed by atoms with Crippen molar-refractivity contribution >= 4 is 0 Å². The molecule has 1 saturated heterocycles. The molecule has 0 bridgehead atoms. The summed E-state index contributed by atoms with van der Waals surface area (Å²) in [7, 11) is 0. The lowest BCUT2D eigenvalue weighted by molar-refractivity contribution is 0.0904. The first kappa shape index (κ1) is 14.4. The molecule has 4 heteroatoms. The number of likely N-dealkylation sites (tertiary alicyclic amines) is 1. The van der Waals surface area contributed by atoms with E-state index in [4.69, 9.17) is 5.73 Å². The minimum absolute atomic E-state index is 0.131. The van der Waals surface area contributed by atoms with Crippen LogP contribution >= 0.6 is 0 Å². The normalized spacial score (nSPS) is 24.6. The average Bonchev–Trinajstić information content (AvgIpc) is 2.40. The molecule has 2 nitrogen and oxygen atoms in total. The van der Waals surface area contributed by atoms with E-state index < -0.39 is 11.6 Å². The van der Waals surface area contributed by atoms with Gasteiger partial charge < -0.3 is 5.73 Å². The third kappa shape index (κ3) is 2.95. The first-order valence-corrected chi connectivity index (χ1v) is 7.07. The van der Waals surface area contributed by atoms with Gasteiger partial charge in [-0.05, 0) is 56.9 Å². The van der Waals surface area contributed by atoms with E-state index >= 15 is 0 Å². The maximum atomic E-state index is 14.1. The van der Waals surface area contributed by atoms with Crippen LogP contribution < -0.4 is 5.73 Å². The van der Waals surface area contributed by atoms with Gasteiger partial charge in [0.2, 0.25) is 0 Å². The highest BCUT2D eigenvalue weighted by atomic mass is 19.1. The molecule has 0 aliphatic carbocycles. The Bertz CT molecular complexity index is 400. The summed E-state index contributed by atoms with van der Waals surface area (Å²) >= 11 is 0. The summed E-state index contributed by atoms with van der Waals surface area (Å²) < 4.78 is 28.1. The van der Waals surface area contributed by atoms with Gasteiger partial charge in [-0.15, -0.1) is 0 Å². The van der Waals surface area contributed by atoms with E-state index in [1.54, 1.807) is 0 Å². The van der Waals surface area contributed by atoms with Gasteiger partial charge >= 0.3 is 0 Å². The van der Waals surface area contributed by atoms with Crippen LogP contribution in [0.4, 0.5) is 8.78 Å². The quantitative estimate of drug-likeness (QED) is 0.909. The summed E-state index contributed by atoms with van der Waals surface area (Å²) in [5.41, 5.74) is 6.02. The van der Waals surface area contributed by atoms with Crippen molar-refractivity contribution in [3.05, 3.63) is 35.4 Å². The molecule has 1 heterocycles. The van der Waals surface area contributed by atoms with Crippen molar-refractivity contribution in [2.75, 3.05) is 19.6 Å². The Morgan fingerprint density at radius 3 is 2.58 bits per heavy atom. The van der Waals surface area contributed by atoms with Crippen LogP contribution in [0.1, 0.15) is 37.8 Å². The van der Waals surface area contributed by atoms with E-state index in [0.29, 0.717) is 6.54 Å². The predicted octanol–water partition coefficient (Wildman–Crippen LogP) is 3.09. The zero-order valence-electron chi connectivity index (χ0n) is 11.4. The number of hydrogen-bond donors (Lipinski definition) is 1. The molecule has 1 fully saturated rings. The Balaban J connectivity index is 2.39. The molecule has 2 unspecified atom stereocenters. The lowest BCUT2D eigenvalue weighted by atomic mass is 9.84. The third-order valence-corrected chi connectivity index (χ3v) is 3.97. The summed E-state index contributed by atoms with van der Waals surface area (Å²) in [6.45, 7) is 4.30. The molecule has 2 atom stereocenters. The first-order chi connectivity index (χ1) is 9.19. The van der Waals surface area contributed by atoms with Gasteiger partial charge in [0.05, 0.1) is 0 Å². The molecule has 0 spiro atoms. The maximum absolute atomic E-state index is 14.1. The topological polar surface area (TPSA) is 29.3 Å². The van der Waals surface area contributed by atoms with Crippen molar-refractivity contribution in [2.45, 2.75) is 32.2 Å². The number of rotatable bonds is 4. The molecule has 1 aromatic carbocycles. The van der Waals surface area contributed by atoms with Crippen LogP contribution in [0.5, 0.6) is 0 Å². The number of hydrogen-bond acceptors (Lipinski definition) is 2. The van der Waals surface area contributed by atoms with Crippen molar-refractivity contribution in [2.24, 2.45) is 11.7 Å². The predicted molar refractivity (Wildman–Crippen MR) is 72.7 cm³/mol. The number of nitrogens with two attached hydrogens (primary N) is 1. The Hall–Kier alpha value is -1.00. The van der Waals surface area contributed by atoms with E-state index in [0.717, 1.165) is 32.4 Å². The summed E-state index contributed by atoms with van der Waals surface area (Å²) in [6, 6.07) is 3.87. The van der Waals surface area contributed by atoms with Crippen LogP contribution in [0.15, 0.2) is 18.2 Å². The zero-order valence-corrected chi connectivity index (χ0v) is 11.4. The highest BCUT2D eigenvalue weighted by Crippen LogP contribution is 2.37. The van der Waals surface area contributed by atoms with Crippen LogP contribution in [0, 0.1) is 17.6 Å². The number of halogens is 2. The fourth-order valence-electron chi connectivity index (χ4n) is 3.15. The minimum atomic E-state index is -0.452. The smallest absolute Gasteiger partial charge is 0.130 e. The number of piperidine rings is 1. The Morgan fingerprint density at radius 1 is 1.32 bits per heavy atom. The molecule has 1 aromatic rings. The maximum Gasteiger partial charge on any atom is 0.130 e.